The lowest BCUT2D eigenvalue weighted by molar-refractivity contribution is 0.309. The van der Waals surface area contributed by atoms with Crippen molar-refractivity contribution in [3.63, 3.8) is 0 Å². The first-order valence-electron chi connectivity index (χ1n) is 10.7. The Labute approximate surface area is 170 Å². The molecule has 0 N–H and O–H groups in total. The highest BCUT2D eigenvalue weighted by molar-refractivity contribution is 7.97. The van der Waals surface area contributed by atoms with Gasteiger partial charge in [-0.1, -0.05) is 39.3 Å². The van der Waals surface area contributed by atoms with Crippen molar-refractivity contribution < 1.29 is 0 Å². The quantitative estimate of drug-likeness (QED) is 0.289. The highest BCUT2D eigenvalue weighted by Gasteiger charge is 2.63. The monoisotopic (exact) mass is 434 g/mol. The molecule has 26 heavy (non-hydrogen) atoms. The Morgan fingerprint density at radius 2 is 0.692 bits per heavy atom. The Balaban J connectivity index is 3.53. The Bertz CT molecular complexity index is 390. The second kappa shape index (κ2) is 8.92. The molecule has 1 fully saturated rings. The third kappa shape index (κ3) is 5.22. The van der Waals surface area contributed by atoms with E-state index in [0.29, 0.717) is 24.2 Å². The first-order valence-corrected chi connectivity index (χ1v) is 20.7. The normalized spacial score (nSPS) is 28.2. The molecule has 0 saturated carbocycles. The minimum atomic E-state index is -1.23. The molecule has 0 spiro atoms. The number of nitrogens with zero attached hydrogens (tertiary/aromatic N) is 2. The predicted octanol–water partition coefficient (Wildman–Crippen LogP) is 7.44. The van der Waals surface area contributed by atoms with Gasteiger partial charge in [-0.25, -0.2) is 0 Å². The van der Waals surface area contributed by atoms with Crippen molar-refractivity contribution in [3.8, 4) is 0 Å². The standard InChI is InChI=1S/C20H48N2P2Si2/c1-15(2)21(16(3)4)23-19(25(9,10)11)24(20(23)26(12,13)14)22(17(5)6)18(7)8/h15-20H,1-14H3. The van der Waals surface area contributed by atoms with Crippen LogP contribution < -0.4 is 0 Å². The molecular weight excluding hydrogens is 386 g/mol. The van der Waals surface area contributed by atoms with Crippen molar-refractivity contribution in [2.45, 2.75) is 129 Å². The third-order valence-electron chi connectivity index (χ3n) is 5.20. The van der Waals surface area contributed by atoms with Gasteiger partial charge in [0.15, 0.2) is 0 Å². The van der Waals surface area contributed by atoms with Crippen LogP contribution in [-0.2, 0) is 0 Å². The second-order valence-electron chi connectivity index (χ2n) is 11.4. The van der Waals surface area contributed by atoms with Gasteiger partial charge in [-0.05, 0) is 71.5 Å². The topological polar surface area (TPSA) is 6.48 Å². The summed E-state index contributed by atoms with van der Waals surface area (Å²) < 4.78 is 5.94. The van der Waals surface area contributed by atoms with E-state index in [0.717, 1.165) is 10.0 Å². The van der Waals surface area contributed by atoms with Crippen molar-refractivity contribution >= 4 is 32.3 Å². The van der Waals surface area contributed by atoms with Gasteiger partial charge in [0.25, 0.3) is 0 Å². The van der Waals surface area contributed by atoms with E-state index in [1.807, 2.05) is 0 Å². The van der Waals surface area contributed by atoms with E-state index in [1.165, 1.54) is 0 Å². The van der Waals surface area contributed by atoms with Crippen LogP contribution in [0.2, 0.25) is 39.3 Å². The fourth-order valence-corrected chi connectivity index (χ4v) is 30.9. The summed E-state index contributed by atoms with van der Waals surface area (Å²) in [4.78, 5) is 0. The summed E-state index contributed by atoms with van der Waals surface area (Å²) in [6, 6.07) is 2.68. The predicted molar refractivity (Wildman–Crippen MR) is 132 cm³/mol. The number of rotatable bonds is 8. The molecule has 0 aromatic carbocycles. The molecule has 0 aliphatic carbocycles. The summed E-state index contributed by atoms with van der Waals surface area (Å²) in [5.74, 6) is 0. The van der Waals surface area contributed by atoms with E-state index in [2.05, 4.69) is 104 Å². The van der Waals surface area contributed by atoms with Crippen LogP contribution in [0.3, 0.4) is 0 Å². The Hall–Kier alpha value is 1.21. The average molecular weight is 435 g/mol. The molecule has 0 radical (unpaired) electrons. The molecular formula is C20H48N2P2Si2. The minimum absolute atomic E-state index is 0.0205. The molecule has 1 heterocycles. The maximum absolute atomic E-state index is 2.97. The van der Waals surface area contributed by atoms with Crippen molar-refractivity contribution in [1.29, 1.82) is 0 Å². The van der Waals surface area contributed by atoms with E-state index in [-0.39, 0.29) is 16.1 Å². The minimum Gasteiger partial charge on any atom is -0.276 e. The molecule has 0 aromatic rings. The van der Waals surface area contributed by atoms with Crippen LogP contribution >= 0.6 is 16.1 Å². The molecule has 1 saturated heterocycles. The van der Waals surface area contributed by atoms with Gasteiger partial charge in [-0.3, -0.25) is 9.34 Å². The zero-order valence-corrected chi connectivity index (χ0v) is 24.0. The van der Waals surface area contributed by atoms with Gasteiger partial charge in [0.05, 0.1) is 16.1 Å². The molecule has 0 aromatic heterocycles. The van der Waals surface area contributed by atoms with Crippen LogP contribution in [0.4, 0.5) is 0 Å². The first kappa shape index (κ1) is 25.3. The number of hydrogen-bond donors (Lipinski definition) is 0. The van der Waals surface area contributed by atoms with E-state index in [9.17, 15) is 0 Å². The maximum atomic E-state index is 2.97. The Kier molecular flexibility index (Phi) is 8.67. The summed E-state index contributed by atoms with van der Waals surface area (Å²) in [5.41, 5.74) is 0. The molecule has 2 nitrogen and oxygen atoms in total. The van der Waals surface area contributed by atoms with Crippen LogP contribution in [0.15, 0.2) is 0 Å². The molecule has 0 bridgehead atoms. The first-order chi connectivity index (χ1) is 11.5. The Morgan fingerprint density at radius 3 is 0.808 bits per heavy atom. The Morgan fingerprint density at radius 1 is 0.500 bits per heavy atom. The lowest BCUT2D eigenvalue weighted by Crippen LogP contribution is -2.61. The van der Waals surface area contributed by atoms with E-state index in [1.54, 1.807) is 0 Å². The SMILES string of the molecule is CC(C)N(C(C)C)P1C([Si](C)(C)C)P(N(C(C)C)C(C)C)C1[Si](C)(C)C. The van der Waals surface area contributed by atoms with Gasteiger partial charge in [0, 0.05) is 34.2 Å². The van der Waals surface area contributed by atoms with Crippen molar-refractivity contribution in [2.24, 2.45) is 0 Å². The van der Waals surface area contributed by atoms with Gasteiger partial charge in [-0.2, -0.15) is 0 Å². The summed E-state index contributed by atoms with van der Waals surface area (Å²) in [6.45, 7) is 35.4. The molecule has 1 aliphatic heterocycles. The van der Waals surface area contributed by atoms with E-state index in [4.69, 9.17) is 0 Å². The van der Waals surface area contributed by atoms with Gasteiger partial charge >= 0.3 is 0 Å². The highest BCUT2D eigenvalue weighted by atomic mass is 31.2. The summed E-state index contributed by atoms with van der Waals surface area (Å²) in [6.07, 6.45) is 0. The summed E-state index contributed by atoms with van der Waals surface area (Å²) in [7, 11) is -2.51. The van der Waals surface area contributed by atoms with Gasteiger partial charge < -0.3 is 0 Å². The lowest BCUT2D eigenvalue weighted by Gasteiger charge is -2.68. The van der Waals surface area contributed by atoms with Crippen molar-refractivity contribution in [2.75, 3.05) is 0 Å². The molecule has 156 valence electrons. The fourth-order valence-electron chi connectivity index (χ4n) is 4.79. The molecule has 1 rings (SSSR count). The van der Waals surface area contributed by atoms with E-state index >= 15 is 0 Å². The van der Waals surface area contributed by atoms with Crippen LogP contribution in [0, 0.1) is 0 Å². The lowest BCUT2D eigenvalue weighted by atomic mass is 10.3. The maximum Gasteiger partial charge on any atom is 0.0603 e. The third-order valence-corrected chi connectivity index (χ3v) is 28.5. The van der Waals surface area contributed by atoms with Crippen LogP contribution in [0.1, 0.15) is 55.4 Å². The average Bonchev–Trinajstić information content (AvgIpc) is 2.30. The molecule has 0 unspecified atom stereocenters. The van der Waals surface area contributed by atoms with Crippen molar-refractivity contribution in [3.05, 3.63) is 0 Å². The highest BCUT2D eigenvalue weighted by Crippen LogP contribution is 2.86. The summed E-state index contributed by atoms with van der Waals surface area (Å²) in [5, 5.41) is 2.00. The molecule has 0 atom stereocenters. The zero-order chi connectivity index (χ0) is 20.8. The van der Waals surface area contributed by atoms with Gasteiger partial charge in [0.1, 0.15) is 0 Å². The summed E-state index contributed by atoms with van der Waals surface area (Å²) >= 11 is 0. The zero-order valence-electron chi connectivity index (χ0n) is 20.3. The smallest absolute Gasteiger partial charge is 0.0603 e. The molecule has 1 aliphatic rings. The van der Waals surface area contributed by atoms with Gasteiger partial charge in [0.2, 0.25) is 0 Å². The fraction of sp³-hybridized carbons (Fsp3) is 1.00. The van der Waals surface area contributed by atoms with Crippen LogP contribution in [-0.4, -0.2) is 59.7 Å². The van der Waals surface area contributed by atoms with Crippen molar-refractivity contribution in [1.82, 2.24) is 9.34 Å². The van der Waals surface area contributed by atoms with Crippen LogP contribution in [0.25, 0.3) is 0 Å². The second-order valence-corrected chi connectivity index (χ2v) is 29.3. The molecule has 0 amide bonds. The van der Waals surface area contributed by atoms with Crippen LogP contribution in [0.5, 0.6) is 0 Å². The molecule has 6 heteroatoms. The van der Waals surface area contributed by atoms with E-state index < -0.39 is 16.1 Å². The van der Waals surface area contributed by atoms with Gasteiger partial charge in [-0.15, -0.1) is 0 Å². The number of hydrogen-bond acceptors (Lipinski definition) is 2. The largest absolute Gasteiger partial charge is 0.276 e.